The summed E-state index contributed by atoms with van der Waals surface area (Å²) in [6.07, 6.45) is 2.89. The zero-order chi connectivity index (χ0) is 23.1. The molecule has 1 aromatic heterocycles. The van der Waals surface area contributed by atoms with Crippen molar-refractivity contribution >= 4 is 12.0 Å². The number of carbonyl (C=O) groups is 1. The van der Waals surface area contributed by atoms with Crippen molar-refractivity contribution in [2.45, 2.75) is 27.1 Å². The SMILES string of the molecule is COc1ccc(COC(=O)/C=C/c2ccc(OCc3c(C)noc3C)c(OC)c2)cc1F. The van der Waals surface area contributed by atoms with Gasteiger partial charge in [0, 0.05) is 6.08 Å². The number of aromatic nitrogens is 1. The molecule has 0 saturated carbocycles. The molecule has 0 saturated heterocycles. The van der Waals surface area contributed by atoms with Gasteiger partial charge in [-0.15, -0.1) is 0 Å². The molecule has 8 heteroatoms. The van der Waals surface area contributed by atoms with Gasteiger partial charge in [0.25, 0.3) is 0 Å². The molecule has 2 aromatic carbocycles. The van der Waals surface area contributed by atoms with Gasteiger partial charge in [0.1, 0.15) is 19.0 Å². The predicted molar refractivity (Wildman–Crippen MR) is 115 cm³/mol. The second-order valence-corrected chi connectivity index (χ2v) is 6.91. The summed E-state index contributed by atoms with van der Waals surface area (Å²) >= 11 is 0. The Morgan fingerprint density at radius 3 is 2.44 bits per heavy atom. The lowest BCUT2D eigenvalue weighted by atomic mass is 10.2. The maximum Gasteiger partial charge on any atom is 0.331 e. The summed E-state index contributed by atoms with van der Waals surface area (Å²) in [4.78, 5) is 12.0. The van der Waals surface area contributed by atoms with E-state index in [9.17, 15) is 9.18 Å². The van der Waals surface area contributed by atoms with Crippen molar-refractivity contribution in [3.63, 3.8) is 0 Å². The molecule has 3 aromatic rings. The normalized spacial score (nSPS) is 10.9. The highest BCUT2D eigenvalue weighted by Crippen LogP contribution is 2.30. The van der Waals surface area contributed by atoms with Crippen LogP contribution < -0.4 is 14.2 Å². The van der Waals surface area contributed by atoms with Crippen molar-refractivity contribution in [3.8, 4) is 17.2 Å². The minimum Gasteiger partial charge on any atom is -0.494 e. The van der Waals surface area contributed by atoms with E-state index in [0.717, 1.165) is 16.8 Å². The highest BCUT2D eigenvalue weighted by Gasteiger charge is 2.12. The first-order valence-electron chi connectivity index (χ1n) is 9.81. The molecule has 3 rings (SSSR count). The summed E-state index contributed by atoms with van der Waals surface area (Å²) in [6.45, 7) is 3.92. The van der Waals surface area contributed by atoms with Crippen molar-refractivity contribution in [2.75, 3.05) is 14.2 Å². The zero-order valence-electron chi connectivity index (χ0n) is 18.3. The summed E-state index contributed by atoms with van der Waals surface area (Å²) in [6, 6.07) is 9.66. The third-order valence-electron chi connectivity index (χ3n) is 4.75. The fraction of sp³-hybridized carbons (Fsp3) is 0.250. The van der Waals surface area contributed by atoms with Gasteiger partial charge < -0.3 is 23.5 Å². The number of benzene rings is 2. The Balaban J connectivity index is 1.59. The maximum atomic E-state index is 13.7. The fourth-order valence-corrected chi connectivity index (χ4v) is 2.93. The number of methoxy groups -OCH3 is 2. The molecule has 0 aliphatic carbocycles. The first-order valence-corrected chi connectivity index (χ1v) is 9.81. The maximum absolute atomic E-state index is 13.7. The van der Waals surface area contributed by atoms with Crippen molar-refractivity contribution in [3.05, 3.63) is 76.4 Å². The van der Waals surface area contributed by atoms with Gasteiger partial charge in [-0.1, -0.05) is 17.3 Å². The van der Waals surface area contributed by atoms with Crippen LogP contribution in [0.3, 0.4) is 0 Å². The van der Waals surface area contributed by atoms with E-state index in [1.807, 2.05) is 13.8 Å². The number of aryl methyl sites for hydroxylation is 2. The van der Waals surface area contributed by atoms with Gasteiger partial charge in [0.2, 0.25) is 0 Å². The Bertz CT molecular complexity index is 1100. The molecule has 32 heavy (non-hydrogen) atoms. The summed E-state index contributed by atoms with van der Waals surface area (Å²) in [5.74, 6) is 0.832. The molecule has 0 atom stereocenters. The van der Waals surface area contributed by atoms with E-state index in [2.05, 4.69) is 5.16 Å². The number of esters is 1. The lowest BCUT2D eigenvalue weighted by Crippen LogP contribution is -2.01. The standard InChI is InChI=1S/C24H24FNO6/c1-15-19(16(2)32-26-15)14-30-22-9-5-17(12-23(22)29-4)7-10-24(27)31-13-18-6-8-21(28-3)20(25)11-18/h5-12H,13-14H2,1-4H3/b10-7+. The van der Waals surface area contributed by atoms with Crippen molar-refractivity contribution in [1.82, 2.24) is 5.16 Å². The molecule has 168 valence electrons. The fourth-order valence-electron chi connectivity index (χ4n) is 2.93. The van der Waals surface area contributed by atoms with Gasteiger partial charge in [-0.2, -0.15) is 0 Å². The predicted octanol–water partition coefficient (Wildman–Crippen LogP) is 4.78. The molecule has 0 fully saturated rings. The van der Waals surface area contributed by atoms with E-state index in [0.29, 0.717) is 29.4 Å². The largest absolute Gasteiger partial charge is 0.494 e. The van der Waals surface area contributed by atoms with E-state index in [-0.39, 0.29) is 12.4 Å². The topological polar surface area (TPSA) is 80.0 Å². The molecule has 0 N–H and O–H groups in total. The summed E-state index contributed by atoms with van der Waals surface area (Å²) in [5.41, 5.74) is 2.90. The van der Waals surface area contributed by atoms with Crippen LogP contribution in [0.1, 0.15) is 28.1 Å². The van der Waals surface area contributed by atoms with Crippen molar-refractivity contribution in [1.29, 1.82) is 0 Å². The number of ether oxygens (including phenoxy) is 4. The van der Waals surface area contributed by atoms with Crippen LogP contribution in [0.2, 0.25) is 0 Å². The highest BCUT2D eigenvalue weighted by molar-refractivity contribution is 5.87. The Kier molecular flexibility index (Phi) is 7.49. The van der Waals surface area contributed by atoms with Crippen molar-refractivity contribution < 1.29 is 32.7 Å². The molecule has 0 aliphatic rings. The molecule has 0 amide bonds. The van der Waals surface area contributed by atoms with Crippen molar-refractivity contribution in [2.24, 2.45) is 0 Å². The molecular weight excluding hydrogens is 417 g/mol. The van der Waals surface area contributed by atoms with Crippen LogP contribution in [0, 0.1) is 19.7 Å². The molecule has 0 bridgehead atoms. The van der Waals surface area contributed by atoms with Crippen LogP contribution in [0.5, 0.6) is 17.2 Å². The van der Waals surface area contributed by atoms with Gasteiger partial charge in [-0.3, -0.25) is 0 Å². The van der Waals surface area contributed by atoms with Crippen LogP contribution in [0.4, 0.5) is 4.39 Å². The smallest absolute Gasteiger partial charge is 0.331 e. The molecule has 0 radical (unpaired) electrons. The summed E-state index contributed by atoms with van der Waals surface area (Å²) < 4.78 is 40.1. The number of nitrogens with zero attached hydrogens (tertiary/aromatic N) is 1. The monoisotopic (exact) mass is 441 g/mol. The Morgan fingerprint density at radius 1 is 1.03 bits per heavy atom. The highest BCUT2D eigenvalue weighted by atomic mass is 19.1. The molecular formula is C24H24FNO6. The Hall–Kier alpha value is -3.81. The third-order valence-corrected chi connectivity index (χ3v) is 4.75. The first kappa shape index (κ1) is 22.9. The quantitative estimate of drug-likeness (QED) is 0.349. The third kappa shape index (κ3) is 5.66. The molecule has 1 heterocycles. The Labute approximate surface area is 185 Å². The number of hydrogen-bond acceptors (Lipinski definition) is 7. The van der Waals surface area contributed by atoms with Gasteiger partial charge in [-0.05, 0) is 55.3 Å². The second kappa shape index (κ2) is 10.5. The van der Waals surface area contributed by atoms with Gasteiger partial charge in [-0.25, -0.2) is 9.18 Å². The Morgan fingerprint density at radius 2 is 1.78 bits per heavy atom. The lowest BCUT2D eigenvalue weighted by molar-refractivity contribution is -0.138. The number of carbonyl (C=O) groups excluding carboxylic acids is 1. The molecule has 0 aliphatic heterocycles. The van der Waals surface area contributed by atoms with E-state index >= 15 is 0 Å². The average Bonchev–Trinajstić information content (AvgIpc) is 3.12. The summed E-state index contributed by atoms with van der Waals surface area (Å²) in [5, 5.41) is 3.91. The van der Waals surface area contributed by atoms with Gasteiger partial charge in [0.05, 0.1) is 25.5 Å². The van der Waals surface area contributed by atoms with Crippen LogP contribution in [-0.4, -0.2) is 25.3 Å². The lowest BCUT2D eigenvalue weighted by Gasteiger charge is -2.11. The van der Waals surface area contributed by atoms with E-state index in [1.54, 1.807) is 30.3 Å². The second-order valence-electron chi connectivity index (χ2n) is 6.91. The number of hydrogen-bond donors (Lipinski definition) is 0. The van der Waals surface area contributed by atoms with Crippen LogP contribution in [-0.2, 0) is 22.7 Å². The van der Waals surface area contributed by atoms with E-state index < -0.39 is 11.8 Å². The van der Waals surface area contributed by atoms with E-state index in [1.165, 1.54) is 32.4 Å². The van der Waals surface area contributed by atoms with Gasteiger partial charge >= 0.3 is 5.97 Å². The molecule has 0 spiro atoms. The van der Waals surface area contributed by atoms with E-state index in [4.69, 9.17) is 23.5 Å². The minimum atomic E-state index is -0.557. The number of halogens is 1. The average molecular weight is 441 g/mol. The molecule has 0 unspecified atom stereocenters. The van der Waals surface area contributed by atoms with Gasteiger partial charge in [0.15, 0.2) is 23.1 Å². The zero-order valence-corrected chi connectivity index (χ0v) is 18.3. The minimum absolute atomic E-state index is 0.0537. The number of rotatable bonds is 9. The van der Waals surface area contributed by atoms with Crippen LogP contribution in [0.15, 0.2) is 47.0 Å². The summed E-state index contributed by atoms with van der Waals surface area (Å²) in [7, 11) is 2.92. The first-order chi connectivity index (χ1) is 15.4. The van der Waals surface area contributed by atoms with Crippen LogP contribution >= 0.6 is 0 Å². The van der Waals surface area contributed by atoms with Crippen LogP contribution in [0.25, 0.3) is 6.08 Å². The molecule has 7 nitrogen and oxygen atoms in total.